The van der Waals surface area contributed by atoms with E-state index in [2.05, 4.69) is 5.32 Å². The van der Waals surface area contributed by atoms with Crippen LogP contribution in [0, 0.1) is 0 Å². The van der Waals surface area contributed by atoms with Crippen LogP contribution in [0.2, 0.25) is 0 Å². The van der Waals surface area contributed by atoms with E-state index in [1.165, 1.54) is 23.1 Å². The molecule has 0 radical (unpaired) electrons. The molecule has 0 spiro atoms. The second-order valence-corrected chi connectivity index (χ2v) is 7.30. The molecule has 2 heterocycles. The first kappa shape index (κ1) is 19.3. The first-order valence-electron chi connectivity index (χ1n) is 9.63. The van der Waals surface area contributed by atoms with Gasteiger partial charge < -0.3 is 19.7 Å². The number of rotatable bonds is 4. The highest BCUT2D eigenvalue weighted by Crippen LogP contribution is 2.40. The molecule has 2 aliphatic rings. The van der Waals surface area contributed by atoms with Gasteiger partial charge in [0.15, 0.2) is 11.5 Å². The van der Waals surface area contributed by atoms with Crippen molar-refractivity contribution in [2.45, 2.75) is 18.9 Å². The minimum Gasteiger partial charge on any atom is -0.454 e. The number of benzene rings is 3. The van der Waals surface area contributed by atoms with Gasteiger partial charge in [-0.15, -0.1) is 0 Å². The number of carbonyl (C=O) groups excluding carboxylic acids is 1. The molecule has 2 aliphatic heterocycles. The lowest BCUT2D eigenvalue weighted by atomic mass is 10.1. The van der Waals surface area contributed by atoms with Crippen molar-refractivity contribution in [2.24, 2.45) is 0 Å². The summed E-state index contributed by atoms with van der Waals surface area (Å²) < 4.78 is 51.3. The molecule has 158 valence electrons. The van der Waals surface area contributed by atoms with Gasteiger partial charge >= 0.3 is 6.18 Å². The van der Waals surface area contributed by atoms with Gasteiger partial charge in [-0.05, 0) is 35.9 Å². The molecule has 0 aromatic heterocycles. The van der Waals surface area contributed by atoms with Crippen molar-refractivity contribution < 1.29 is 27.4 Å². The van der Waals surface area contributed by atoms with E-state index in [-0.39, 0.29) is 24.9 Å². The zero-order chi connectivity index (χ0) is 21.6. The Labute approximate surface area is 176 Å². The Kier molecular flexibility index (Phi) is 4.50. The molecule has 8 heteroatoms. The summed E-state index contributed by atoms with van der Waals surface area (Å²) in [6, 6.07) is 17.5. The normalized spacial score (nSPS) is 17.1. The van der Waals surface area contributed by atoms with E-state index in [1.54, 1.807) is 36.4 Å². The Morgan fingerprint density at radius 1 is 0.968 bits per heavy atom. The van der Waals surface area contributed by atoms with E-state index in [9.17, 15) is 18.0 Å². The molecule has 3 aromatic carbocycles. The number of halogens is 3. The van der Waals surface area contributed by atoms with Crippen molar-refractivity contribution >= 4 is 11.6 Å². The first-order chi connectivity index (χ1) is 14.9. The third-order valence-electron chi connectivity index (χ3n) is 5.37. The summed E-state index contributed by atoms with van der Waals surface area (Å²) in [5.41, 5.74) is 1.01. The minimum absolute atomic E-state index is 0.0832. The molecular formula is C23H17F3N2O3. The Hall–Kier alpha value is -3.68. The van der Waals surface area contributed by atoms with E-state index < -0.39 is 17.9 Å². The second kappa shape index (κ2) is 7.23. The predicted octanol–water partition coefficient (Wildman–Crippen LogP) is 5.20. The first-order valence-corrected chi connectivity index (χ1v) is 9.63. The third kappa shape index (κ3) is 3.43. The van der Waals surface area contributed by atoms with Crippen molar-refractivity contribution in [3.63, 3.8) is 0 Å². The Morgan fingerprint density at radius 3 is 2.55 bits per heavy atom. The number of ether oxygens (including phenoxy) is 2. The van der Waals surface area contributed by atoms with Crippen molar-refractivity contribution in [2.75, 3.05) is 12.1 Å². The molecule has 1 N–H and O–H groups in total. The van der Waals surface area contributed by atoms with Gasteiger partial charge in [0.1, 0.15) is 6.17 Å². The number of nitrogens with zero attached hydrogens (tertiary/aromatic N) is 1. The fourth-order valence-electron chi connectivity index (χ4n) is 3.93. The lowest BCUT2D eigenvalue weighted by Gasteiger charge is -2.28. The van der Waals surface area contributed by atoms with Gasteiger partial charge in [-0.3, -0.25) is 4.79 Å². The number of para-hydroxylation sites is 1. The van der Waals surface area contributed by atoms with Gasteiger partial charge in [0.25, 0.3) is 5.91 Å². The predicted molar refractivity (Wildman–Crippen MR) is 107 cm³/mol. The zero-order valence-electron chi connectivity index (χ0n) is 16.1. The molecule has 3 aromatic rings. The fourth-order valence-corrected chi connectivity index (χ4v) is 3.93. The van der Waals surface area contributed by atoms with Crippen LogP contribution in [-0.4, -0.2) is 17.6 Å². The number of nitrogens with one attached hydrogen (secondary N) is 1. The van der Waals surface area contributed by atoms with Crippen LogP contribution in [0.25, 0.3) is 0 Å². The van der Waals surface area contributed by atoms with Crippen LogP contribution >= 0.6 is 0 Å². The summed E-state index contributed by atoms with van der Waals surface area (Å²) in [6.45, 7) is 0.321. The highest BCUT2D eigenvalue weighted by molar-refractivity contribution is 5.99. The van der Waals surface area contributed by atoms with Crippen molar-refractivity contribution in [3.8, 4) is 11.5 Å². The smallest absolute Gasteiger partial charge is 0.418 e. The molecule has 31 heavy (non-hydrogen) atoms. The summed E-state index contributed by atoms with van der Waals surface area (Å²) >= 11 is 0. The molecule has 0 saturated carbocycles. The van der Waals surface area contributed by atoms with Crippen LogP contribution < -0.4 is 14.8 Å². The highest BCUT2D eigenvalue weighted by Gasteiger charge is 2.39. The molecular weight excluding hydrogens is 409 g/mol. The highest BCUT2D eigenvalue weighted by atomic mass is 19.4. The monoisotopic (exact) mass is 426 g/mol. The van der Waals surface area contributed by atoms with Crippen LogP contribution in [0.15, 0.2) is 66.7 Å². The number of hydrogen-bond donors (Lipinski definition) is 1. The molecule has 0 aliphatic carbocycles. The summed E-state index contributed by atoms with van der Waals surface area (Å²) in [4.78, 5) is 14.6. The lowest BCUT2D eigenvalue weighted by molar-refractivity contribution is -0.137. The second-order valence-electron chi connectivity index (χ2n) is 7.30. The summed E-state index contributed by atoms with van der Waals surface area (Å²) in [7, 11) is 0. The molecule has 5 rings (SSSR count). The quantitative estimate of drug-likeness (QED) is 0.623. The van der Waals surface area contributed by atoms with Crippen LogP contribution in [0.3, 0.4) is 0 Å². The SMILES string of the molecule is O=C1c2ccccc2C(Nc2ccccc2C(F)(F)F)N1Cc1ccc2c(c1)OCO2. The molecule has 1 atom stereocenters. The third-order valence-corrected chi connectivity index (χ3v) is 5.37. The van der Waals surface area contributed by atoms with Gasteiger partial charge in [-0.25, -0.2) is 0 Å². The Balaban J connectivity index is 1.51. The number of alkyl halides is 3. The van der Waals surface area contributed by atoms with Crippen LogP contribution in [0.1, 0.15) is 33.2 Å². The Morgan fingerprint density at radius 2 is 1.71 bits per heavy atom. The largest absolute Gasteiger partial charge is 0.454 e. The standard InChI is InChI=1S/C23H17F3N2O3/c24-23(25,26)17-7-3-4-8-18(17)27-21-15-5-1-2-6-16(15)22(29)28(21)12-14-9-10-19-20(11-14)31-13-30-19/h1-11,21,27H,12-13H2. The van der Waals surface area contributed by atoms with Gasteiger partial charge in [-0.2, -0.15) is 13.2 Å². The molecule has 5 nitrogen and oxygen atoms in total. The minimum atomic E-state index is -4.52. The number of hydrogen-bond acceptors (Lipinski definition) is 4. The number of amides is 1. The van der Waals surface area contributed by atoms with Crippen LogP contribution in [0.4, 0.5) is 18.9 Å². The van der Waals surface area contributed by atoms with E-state index in [0.29, 0.717) is 22.6 Å². The van der Waals surface area contributed by atoms with Crippen LogP contribution in [0.5, 0.6) is 11.5 Å². The van der Waals surface area contributed by atoms with Gasteiger partial charge in [-0.1, -0.05) is 36.4 Å². The maximum Gasteiger partial charge on any atom is 0.418 e. The van der Waals surface area contributed by atoms with Gasteiger partial charge in [0.2, 0.25) is 6.79 Å². The van der Waals surface area contributed by atoms with Crippen LogP contribution in [-0.2, 0) is 12.7 Å². The van der Waals surface area contributed by atoms with E-state index >= 15 is 0 Å². The Bertz CT molecular complexity index is 1160. The maximum atomic E-state index is 13.5. The molecule has 0 bridgehead atoms. The average molecular weight is 426 g/mol. The molecule has 1 amide bonds. The number of fused-ring (bicyclic) bond motifs is 2. The van der Waals surface area contributed by atoms with Crippen molar-refractivity contribution in [3.05, 3.63) is 89.0 Å². The summed E-state index contributed by atoms with van der Waals surface area (Å²) in [5.74, 6) is 0.942. The summed E-state index contributed by atoms with van der Waals surface area (Å²) in [5, 5.41) is 2.95. The van der Waals surface area contributed by atoms with E-state index in [0.717, 1.165) is 11.6 Å². The number of anilines is 1. The van der Waals surface area contributed by atoms with E-state index in [4.69, 9.17) is 9.47 Å². The van der Waals surface area contributed by atoms with Crippen molar-refractivity contribution in [1.29, 1.82) is 0 Å². The average Bonchev–Trinajstić information content (AvgIpc) is 3.32. The maximum absolute atomic E-state index is 13.5. The van der Waals surface area contributed by atoms with Gasteiger partial charge in [0, 0.05) is 23.4 Å². The fraction of sp³-hybridized carbons (Fsp3) is 0.174. The zero-order valence-corrected chi connectivity index (χ0v) is 16.1. The number of carbonyl (C=O) groups is 1. The lowest BCUT2D eigenvalue weighted by Crippen LogP contribution is -2.32. The molecule has 0 fully saturated rings. The van der Waals surface area contributed by atoms with Crippen molar-refractivity contribution in [1.82, 2.24) is 4.90 Å². The topological polar surface area (TPSA) is 50.8 Å². The van der Waals surface area contributed by atoms with Gasteiger partial charge in [0.05, 0.1) is 5.56 Å². The summed E-state index contributed by atoms with van der Waals surface area (Å²) in [6.07, 6.45) is -5.27. The molecule has 0 saturated heterocycles. The molecule has 1 unspecified atom stereocenters. The van der Waals surface area contributed by atoms with E-state index in [1.807, 2.05) is 6.07 Å².